The van der Waals surface area contributed by atoms with Gasteiger partial charge in [-0.25, -0.2) is 4.79 Å². The minimum absolute atomic E-state index is 0.0758. The summed E-state index contributed by atoms with van der Waals surface area (Å²) in [6, 6.07) is 6.23. The number of carbonyl (C=O) groups is 1. The molecule has 69 valence electrons. The van der Waals surface area contributed by atoms with Crippen molar-refractivity contribution in [1.82, 2.24) is 0 Å². The molecule has 0 saturated heterocycles. The Hall–Kier alpha value is -1.51. The van der Waals surface area contributed by atoms with Gasteiger partial charge in [0.2, 0.25) is 0 Å². The highest BCUT2D eigenvalue weighted by Crippen LogP contribution is 2.16. The van der Waals surface area contributed by atoms with Crippen molar-refractivity contribution in [3.63, 3.8) is 0 Å². The van der Waals surface area contributed by atoms with Gasteiger partial charge in [0.15, 0.2) is 0 Å². The summed E-state index contributed by atoms with van der Waals surface area (Å²) < 4.78 is 4.81. The molecular weight excluding hydrogens is 168 g/mol. The van der Waals surface area contributed by atoms with Crippen LogP contribution >= 0.6 is 0 Å². The minimum atomic E-state index is -0.555. The molecule has 0 bridgehead atoms. The lowest BCUT2D eigenvalue weighted by Gasteiger charge is -2.08. The van der Waals surface area contributed by atoms with Crippen molar-refractivity contribution in [3.05, 3.63) is 36.8 Å². The standard InChI is InChI=1S/C10H11O3/c1-7(2)13-10(12)8-5-3-4-6-9(8)11/h3-7,11H,1H2,2H3/t7-/m1/s1. The zero-order chi connectivity index (χ0) is 9.84. The molecule has 3 heteroatoms. The van der Waals surface area contributed by atoms with Crippen LogP contribution in [-0.4, -0.2) is 17.2 Å². The van der Waals surface area contributed by atoms with Gasteiger partial charge in [0.05, 0.1) is 6.10 Å². The molecule has 1 radical (unpaired) electrons. The fourth-order valence-electron chi connectivity index (χ4n) is 0.892. The zero-order valence-electron chi connectivity index (χ0n) is 7.36. The van der Waals surface area contributed by atoms with Crippen LogP contribution in [0.2, 0.25) is 0 Å². The van der Waals surface area contributed by atoms with Crippen LogP contribution in [0, 0.1) is 6.92 Å². The number of phenols is 1. The molecule has 0 saturated carbocycles. The third kappa shape index (κ3) is 2.47. The van der Waals surface area contributed by atoms with E-state index < -0.39 is 12.1 Å². The van der Waals surface area contributed by atoms with Crippen LogP contribution in [0.25, 0.3) is 0 Å². The number of phenolic OH excluding ortho intramolecular Hbond substituents is 1. The average Bonchev–Trinajstić information content (AvgIpc) is 2.03. The van der Waals surface area contributed by atoms with E-state index in [-0.39, 0.29) is 11.3 Å². The summed E-state index contributed by atoms with van der Waals surface area (Å²) in [7, 11) is 0. The number of ether oxygens (including phenoxy) is 1. The normalized spacial score (nSPS) is 10.1. The van der Waals surface area contributed by atoms with Gasteiger partial charge >= 0.3 is 5.97 Å². The molecule has 0 aliphatic carbocycles. The molecule has 0 aliphatic rings. The van der Waals surface area contributed by atoms with Crippen molar-refractivity contribution in [2.45, 2.75) is 13.0 Å². The third-order valence-corrected chi connectivity index (χ3v) is 1.43. The highest BCUT2D eigenvalue weighted by atomic mass is 16.5. The molecule has 1 atom stereocenters. The molecule has 0 aromatic heterocycles. The lowest BCUT2D eigenvalue weighted by atomic mass is 10.2. The van der Waals surface area contributed by atoms with E-state index in [1.807, 2.05) is 0 Å². The first-order valence-corrected chi connectivity index (χ1v) is 3.93. The van der Waals surface area contributed by atoms with Gasteiger partial charge in [-0.05, 0) is 26.0 Å². The Kier molecular flexibility index (Phi) is 2.90. The number of aromatic hydroxyl groups is 1. The summed E-state index contributed by atoms with van der Waals surface area (Å²) in [5.41, 5.74) is 0.165. The van der Waals surface area contributed by atoms with Crippen molar-refractivity contribution in [2.75, 3.05) is 0 Å². The van der Waals surface area contributed by atoms with E-state index >= 15 is 0 Å². The second-order valence-electron chi connectivity index (χ2n) is 2.73. The van der Waals surface area contributed by atoms with E-state index in [4.69, 9.17) is 4.74 Å². The fraction of sp³-hybridized carbons (Fsp3) is 0.200. The van der Waals surface area contributed by atoms with Gasteiger partial charge < -0.3 is 9.84 Å². The molecule has 1 aromatic rings. The van der Waals surface area contributed by atoms with E-state index in [9.17, 15) is 9.90 Å². The van der Waals surface area contributed by atoms with Crippen LogP contribution in [0.5, 0.6) is 5.75 Å². The van der Waals surface area contributed by atoms with Gasteiger partial charge in [0, 0.05) is 0 Å². The van der Waals surface area contributed by atoms with Gasteiger partial charge in [-0.2, -0.15) is 0 Å². The Morgan fingerprint density at radius 1 is 1.54 bits per heavy atom. The lowest BCUT2D eigenvalue weighted by molar-refractivity contribution is 0.0417. The Balaban J connectivity index is 2.83. The first-order valence-electron chi connectivity index (χ1n) is 3.93. The van der Waals surface area contributed by atoms with Crippen LogP contribution in [0.3, 0.4) is 0 Å². The number of hydrogen-bond acceptors (Lipinski definition) is 3. The van der Waals surface area contributed by atoms with E-state index in [0.717, 1.165) is 0 Å². The second kappa shape index (κ2) is 3.94. The van der Waals surface area contributed by atoms with Gasteiger partial charge in [0.1, 0.15) is 11.3 Å². The minimum Gasteiger partial charge on any atom is -0.507 e. The van der Waals surface area contributed by atoms with E-state index in [2.05, 4.69) is 6.92 Å². The summed E-state index contributed by atoms with van der Waals surface area (Å²) in [4.78, 5) is 11.3. The predicted molar refractivity (Wildman–Crippen MR) is 48.3 cm³/mol. The summed E-state index contributed by atoms with van der Waals surface area (Å²) in [5, 5.41) is 9.27. The number of benzene rings is 1. The quantitative estimate of drug-likeness (QED) is 0.704. The van der Waals surface area contributed by atoms with Crippen LogP contribution in [0.4, 0.5) is 0 Å². The first kappa shape index (κ1) is 9.58. The maximum Gasteiger partial charge on any atom is 0.342 e. The number of rotatable bonds is 2. The van der Waals surface area contributed by atoms with Gasteiger partial charge in [-0.15, -0.1) is 0 Å². The summed E-state index contributed by atoms with van der Waals surface area (Å²) in [6.45, 7) is 5.16. The largest absolute Gasteiger partial charge is 0.507 e. The zero-order valence-corrected chi connectivity index (χ0v) is 7.36. The second-order valence-corrected chi connectivity index (χ2v) is 2.73. The maximum absolute atomic E-state index is 11.3. The number of para-hydroxylation sites is 1. The van der Waals surface area contributed by atoms with E-state index in [1.54, 1.807) is 19.1 Å². The SMILES string of the molecule is [CH2][C@H](C)OC(=O)c1ccccc1O. The monoisotopic (exact) mass is 179 g/mol. The van der Waals surface area contributed by atoms with Gasteiger partial charge in [0.25, 0.3) is 0 Å². The Labute approximate surface area is 77.0 Å². The topological polar surface area (TPSA) is 46.5 Å². The highest BCUT2D eigenvalue weighted by molar-refractivity contribution is 5.92. The lowest BCUT2D eigenvalue weighted by Crippen LogP contribution is -2.11. The molecule has 1 aromatic carbocycles. The van der Waals surface area contributed by atoms with Gasteiger partial charge in [-0.3, -0.25) is 0 Å². The van der Waals surface area contributed by atoms with Crippen LogP contribution in [0.1, 0.15) is 17.3 Å². The van der Waals surface area contributed by atoms with Crippen molar-refractivity contribution in [2.24, 2.45) is 0 Å². The van der Waals surface area contributed by atoms with E-state index in [1.165, 1.54) is 12.1 Å². The predicted octanol–water partition coefficient (Wildman–Crippen LogP) is 1.77. The maximum atomic E-state index is 11.3. The molecule has 3 nitrogen and oxygen atoms in total. The van der Waals surface area contributed by atoms with Gasteiger partial charge in [-0.1, -0.05) is 12.1 Å². The Bertz CT molecular complexity index is 305. The molecule has 0 fully saturated rings. The van der Waals surface area contributed by atoms with Crippen LogP contribution < -0.4 is 0 Å². The first-order chi connectivity index (χ1) is 6.11. The Morgan fingerprint density at radius 3 is 2.69 bits per heavy atom. The van der Waals surface area contributed by atoms with Crippen molar-refractivity contribution < 1.29 is 14.6 Å². The molecule has 0 aliphatic heterocycles. The fourth-order valence-corrected chi connectivity index (χ4v) is 0.892. The average molecular weight is 179 g/mol. The van der Waals surface area contributed by atoms with Crippen LogP contribution in [0.15, 0.2) is 24.3 Å². The molecule has 13 heavy (non-hydrogen) atoms. The number of esters is 1. The molecule has 0 unspecified atom stereocenters. The molecule has 0 spiro atoms. The molecule has 0 heterocycles. The Morgan fingerprint density at radius 2 is 2.15 bits per heavy atom. The van der Waals surface area contributed by atoms with Crippen molar-refractivity contribution >= 4 is 5.97 Å². The van der Waals surface area contributed by atoms with Crippen molar-refractivity contribution in [3.8, 4) is 5.75 Å². The number of carbonyl (C=O) groups excluding carboxylic acids is 1. The number of hydrogen-bond donors (Lipinski definition) is 1. The third-order valence-electron chi connectivity index (χ3n) is 1.43. The highest BCUT2D eigenvalue weighted by Gasteiger charge is 2.12. The molecule has 1 N–H and O–H groups in total. The van der Waals surface area contributed by atoms with Crippen molar-refractivity contribution in [1.29, 1.82) is 0 Å². The molecular formula is C10H11O3. The van der Waals surface area contributed by atoms with Crippen LogP contribution in [-0.2, 0) is 4.74 Å². The van der Waals surface area contributed by atoms with E-state index in [0.29, 0.717) is 0 Å². The molecule has 0 amide bonds. The summed E-state index contributed by atoms with van der Waals surface area (Å²) in [5.74, 6) is -0.631. The smallest absolute Gasteiger partial charge is 0.342 e. The summed E-state index contributed by atoms with van der Waals surface area (Å²) >= 11 is 0. The molecule has 1 rings (SSSR count). The summed E-state index contributed by atoms with van der Waals surface area (Å²) in [6.07, 6.45) is -0.424.